The van der Waals surface area contributed by atoms with Gasteiger partial charge in [0.25, 0.3) is 11.4 Å². The smallest absolute Gasteiger partial charge is 0.259 e. The number of hydrogen-bond donors (Lipinski definition) is 1. The summed E-state index contributed by atoms with van der Waals surface area (Å²) in [7, 11) is 1.60. The van der Waals surface area contributed by atoms with Gasteiger partial charge >= 0.3 is 0 Å². The van der Waals surface area contributed by atoms with Gasteiger partial charge in [0, 0.05) is 43.0 Å². The summed E-state index contributed by atoms with van der Waals surface area (Å²) in [4.78, 5) is 25.5. The van der Waals surface area contributed by atoms with Gasteiger partial charge in [-0.2, -0.15) is 0 Å². The largest absolute Gasteiger partial charge is 0.454 e. The molecular formula is C26H18F2N4O4S. The molecule has 0 atom stereocenters. The first-order chi connectivity index (χ1) is 17.7. The van der Waals surface area contributed by atoms with Gasteiger partial charge in [-0.1, -0.05) is 6.58 Å². The molecule has 1 N–H and O–H groups in total. The highest BCUT2D eigenvalue weighted by atomic mass is 32.1. The average molecular weight is 521 g/mol. The van der Waals surface area contributed by atoms with E-state index in [1.807, 2.05) is 0 Å². The second-order valence-electron chi connectivity index (χ2n) is 8.02. The average Bonchev–Trinajstić information content (AvgIpc) is 3.51. The summed E-state index contributed by atoms with van der Waals surface area (Å²) in [5, 5.41) is 11.0. The number of carbonyl (C=O) groups excluding carboxylic acids is 1. The number of pyridine rings is 1. The first-order valence-corrected chi connectivity index (χ1v) is 11.7. The number of halogens is 2. The third-order valence-corrected chi connectivity index (χ3v) is 6.58. The van der Waals surface area contributed by atoms with Crippen molar-refractivity contribution in [2.24, 2.45) is 7.05 Å². The van der Waals surface area contributed by atoms with Gasteiger partial charge in [-0.15, -0.1) is 21.5 Å². The normalized spacial score (nSPS) is 11.0. The predicted octanol–water partition coefficient (Wildman–Crippen LogP) is 5.82. The molecule has 0 fully saturated rings. The van der Waals surface area contributed by atoms with Crippen LogP contribution in [0.3, 0.4) is 0 Å². The van der Waals surface area contributed by atoms with Crippen molar-refractivity contribution in [1.82, 2.24) is 14.8 Å². The molecule has 8 nitrogen and oxygen atoms in total. The molecule has 0 saturated carbocycles. The molecule has 3 aromatic heterocycles. The summed E-state index contributed by atoms with van der Waals surface area (Å²) in [6.07, 6.45) is 2.74. The fourth-order valence-corrected chi connectivity index (χ4v) is 4.82. The van der Waals surface area contributed by atoms with Crippen LogP contribution in [0, 0.1) is 18.6 Å². The fourth-order valence-electron chi connectivity index (χ4n) is 3.72. The van der Waals surface area contributed by atoms with Gasteiger partial charge in [-0.25, -0.2) is 8.78 Å². The molecule has 3 heterocycles. The lowest BCUT2D eigenvalue weighted by Crippen LogP contribution is -2.15. The standard InChI is InChI=1S/C26H18F2N4O4S/c1-4-23(33)29-15-6-8-20(36-21-7-5-14(27)9-19(21)28)16(10-15)18-12-32(3)26(34)17-11-22(37-24(17)18)25-31-30-13(2)35-25/h4-12H,1H2,2-3H3,(H,29,33). The van der Waals surface area contributed by atoms with Crippen LogP contribution in [0.1, 0.15) is 5.89 Å². The quantitative estimate of drug-likeness (QED) is 0.283. The molecule has 0 bridgehead atoms. The lowest BCUT2D eigenvalue weighted by atomic mass is 10.0. The minimum absolute atomic E-state index is 0.195. The molecule has 0 spiro atoms. The highest BCUT2D eigenvalue weighted by Gasteiger charge is 2.20. The number of aromatic nitrogens is 3. The van der Waals surface area contributed by atoms with Crippen LogP contribution in [-0.2, 0) is 11.8 Å². The van der Waals surface area contributed by atoms with E-state index in [0.717, 1.165) is 18.2 Å². The van der Waals surface area contributed by atoms with Crippen molar-refractivity contribution < 1.29 is 22.7 Å². The molecule has 5 rings (SSSR count). The van der Waals surface area contributed by atoms with Gasteiger partial charge in [0.1, 0.15) is 11.6 Å². The fraction of sp³-hybridized carbons (Fsp3) is 0.0769. The van der Waals surface area contributed by atoms with E-state index in [2.05, 4.69) is 22.1 Å². The number of hydrogen-bond acceptors (Lipinski definition) is 7. The Labute approximate surface area is 212 Å². The zero-order chi connectivity index (χ0) is 26.3. The Hall–Kier alpha value is -4.64. The molecule has 186 valence electrons. The van der Waals surface area contributed by atoms with Crippen LogP contribution in [0.25, 0.3) is 32.0 Å². The molecule has 0 unspecified atom stereocenters. The maximum Gasteiger partial charge on any atom is 0.259 e. The summed E-state index contributed by atoms with van der Waals surface area (Å²) in [6.45, 7) is 5.12. The summed E-state index contributed by atoms with van der Waals surface area (Å²) in [5.74, 6) is -1.39. The van der Waals surface area contributed by atoms with Crippen LogP contribution in [0.4, 0.5) is 14.5 Å². The number of ether oxygens (including phenoxy) is 1. The summed E-state index contributed by atoms with van der Waals surface area (Å²) < 4.78 is 41.3. The lowest BCUT2D eigenvalue weighted by molar-refractivity contribution is -0.111. The number of rotatable bonds is 6. The second-order valence-corrected chi connectivity index (χ2v) is 9.07. The zero-order valence-electron chi connectivity index (χ0n) is 19.5. The minimum atomic E-state index is -0.884. The molecule has 0 radical (unpaired) electrons. The molecule has 5 aromatic rings. The van der Waals surface area contributed by atoms with Crippen molar-refractivity contribution in [3.63, 3.8) is 0 Å². The summed E-state index contributed by atoms with van der Waals surface area (Å²) in [6, 6.07) is 9.40. The number of aryl methyl sites for hydroxylation is 2. The van der Waals surface area contributed by atoms with E-state index in [4.69, 9.17) is 9.15 Å². The van der Waals surface area contributed by atoms with E-state index in [0.29, 0.717) is 37.7 Å². The second kappa shape index (κ2) is 9.43. The Morgan fingerprint density at radius 2 is 1.92 bits per heavy atom. The van der Waals surface area contributed by atoms with Crippen LogP contribution in [-0.4, -0.2) is 20.7 Å². The van der Waals surface area contributed by atoms with Crippen LogP contribution in [0.15, 0.2) is 70.5 Å². The highest BCUT2D eigenvalue weighted by Crippen LogP contribution is 2.42. The molecule has 0 aliphatic heterocycles. The van der Waals surface area contributed by atoms with Gasteiger partial charge in [0.2, 0.25) is 11.8 Å². The number of nitrogens with zero attached hydrogens (tertiary/aromatic N) is 3. The Morgan fingerprint density at radius 1 is 1.14 bits per heavy atom. The topological polar surface area (TPSA) is 99.2 Å². The molecular weight excluding hydrogens is 502 g/mol. The Kier molecular flexibility index (Phi) is 6.14. The van der Waals surface area contributed by atoms with Gasteiger partial charge in [0.05, 0.1) is 15.0 Å². The number of thiophene rings is 1. The van der Waals surface area contributed by atoms with Gasteiger partial charge in [-0.3, -0.25) is 9.59 Å². The Bertz CT molecular complexity index is 1760. The van der Waals surface area contributed by atoms with E-state index < -0.39 is 17.5 Å². The monoisotopic (exact) mass is 520 g/mol. The third-order valence-electron chi connectivity index (χ3n) is 5.42. The van der Waals surface area contributed by atoms with Crippen molar-refractivity contribution in [2.75, 3.05) is 5.32 Å². The van der Waals surface area contributed by atoms with Crippen molar-refractivity contribution in [3.8, 4) is 33.4 Å². The van der Waals surface area contributed by atoms with Crippen molar-refractivity contribution in [3.05, 3.63) is 89.2 Å². The van der Waals surface area contributed by atoms with Crippen molar-refractivity contribution in [1.29, 1.82) is 0 Å². The molecule has 0 saturated heterocycles. The molecule has 0 aliphatic carbocycles. The lowest BCUT2D eigenvalue weighted by Gasteiger charge is -2.15. The van der Waals surface area contributed by atoms with Crippen LogP contribution >= 0.6 is 11.3 Å². The van der Waals surface area contributed by atoms with E-state index >= 15 is 0 Å². The summed E-state index contributed by atoms with van der Waals surface area (Å²) in [5.41, 5.74) is 1.18. The maximum absolute atomic E-state index is 14.4. The third kappa shape index (κ3) is 4.64. The SMILES string of the molecule is C=CC(=O)Nc1ccc(Oc2ccc(F)cc2F)c(-c2cn(C)c(=O)c3cc(-c4nnc(C)o4)sc23)c1. The van der Waals surface area contributed by atoms with Crippen molar-refractivity contribution in [2.45, 2.75) is 6.92 Å². The minimum Gasteiger partial charge on any atom is -0.454 e. The molecule has 37 heavy (non-hydrogen) atoms. The van der Waals surface area contributed by atoms with Gasteiger partial charge < -0.3 is 19.0 Å². The first-order valence-electron chi connectivity index (χ1n) is 10.9. The van der Waals surface area contributed by atoms with Gasteiger partial charge in [-0.05, 0) is 42.5 Å². The maximum atomic E-state index is 14.4. The van der Waals surface area contributed by atoms with Crippen LogP contribution in [0.2, 0.25) is 0 Å². The van der Waals surface area contributed by atoms with E-state index in [-0.39, 0.29) is 22.9 Å². The van der Waals surface area contributed by atoms with E-state index in [9.17, 15) is 18.4 Å². The number of carbonyl (C=O) groups is 1. The number of benzene rings is 2. The van der Waals surface area contributed by atoms with E-state index in [1.165, 1.54) is 22.0 Å². The van der Waals surface area contributed by atoms with Gasteiger partial charge in [0.15, 0.2) is 11.6 Å². The Morgan fingerprint density at radius 3 is 2.62 bits per heavy atom. The predicted molar refractivity (Wildman–Crippen MR) is 136 cm³/mol. The zero-order valence-corrected chi connectivity index (χ0v) is 20.4. The molecule has 2 aromatic carbocycles. The summed E-state index contributed by atoms with van der Waals surface area (Å²) >= 11 is 1.26. The van der Waals surface area contributed by atoms with E-state index in [1.54, 1.807) is 44.4 Å². The van der Waals surface area contributed by atoms with Crippen molar-refractivity contribution >= 4 is 33.0 Å². The molecule has 1 amide bonds. The van der Waals surface area contributed by atoms with Crippen LogP contribution < -0.4 is 15.6 Å². The highest BCUT2D eigenvalue weighted by molar-refractivity contribution is 7.22. The Balaban J connectivity index is 1.73. The molecule has 11 heteroatoms. The number of anilines is 1. The number of fused-ring (bicyclic) bond motifs is 1. The number of amides is 1. The molecule has 0 aliphatic rings. The van der Waals surface area contributed by atoms with Crippen LogP contribution in [0.5, 0.6) is 11.5 Å². The number of nitrogens with one attached hydrogen (secondary N) is 1. The first kappa shape index (κ1) is 24.1.